The predicted octanol–water partition coefficient (Wildman–Crippen LogP) is 4.55. The molecular formula is C20H24N2O2. The fourth-order valence-electron chi connectivity index (χ4n) is 2.76. The average Bonchev–Trinajstić information content (AvgIpc) is 2.96. The van der Waals surface area contributed by atoms with Gasteiger partial charge in [0.25, 0.3) is 0 Å². The molecule has 1 amide bonds. The highest BCUT2D eigenvalue weighted by Gasteiger charge is 2.27. The Morgan fingerprint density at radius 1 is 1.08 bits per heavy atom. The standard InChI is InChI=1S/C20H24N2O2/c1-20(2,3)24-19(23)22-13-16-9-10-18(11-17(16)14-22)21-12-15-7-5-4-6-8-15/h4-11,21H,12-14H2,1-3H3. The molecule has 126 valence electrons. The van der Waals surface area contributed by atoms with Crippen molar-refractivity contribution in [2.24, 2.45) is 0 Å². The van der Waals surface area contributed by atoms with Crippen LogP contribution in [0.4, 0.5) is 10.5 Å². The highest BCUT2D eigenvalue weighted by molar-refractivity contribution is 5.69. The van der Waals surface area contributed by atoms with Crippen LogP contribution in [0.1, 0.15) is 37.5 Å². The van der Waals surface area contributed by atoms with Crippen molar-refractivity contribution in [2.45, 2.75) is 46.0 Å². The zero-order valence-corrected chi connectivity index (χ0v) is 14.5. The summed E-state index contributed by atoms with van der Waals surface area (Å²) in [7, 11) is 0. The predicted molar refractivity (Wildman–Crippen MR) is 95.7 cm³/mol. The van der Waals surface area contributed by atoms with Crippen molar-refractivity contribution in [3.8, 4) is 0 Å². The Morgan fingerprint density at radius 2 is 1.79 bits per heavy atom. The molecule has 4 heteroatoms. The Morgan fingerprint density at radius 3 is 2.50 bits per heavy atom. The molecule has 1 N–H and O–H groups in total. The van der Waals surface area contributed by atoms with E-state index in [1.165, 1.54) is 16.7 Å². The van der Waals surface area contributed by atoms with Crippen LogP contribution in [0.3, 0.4) is 0 Å². The first-order chi connectivity index (χ1) is 11.4. The van der Waals surface area contributed by atoms with Crippen LogP contribution < -0.4 is 5.32 Å². The number of nitrogens with zero attached hydrogens (tertiary/aromatic N) is 1. The number of nitrogens with one attached hydrogen (secondary N) is 1. The molecular weight excluding hydrogens is 300 g/mol. The molecule has 1 aliphatic heterocycles. The molecule has 0 aliphatic carbocycles. The minimum Gasteiger partial charge on any atom is -0.444 e. The van der Waals surface area contributed by atoms with Gasteiger partial charge in [0.2, 0.25) is 0 Å². The van der Waals surface area contributed by atoms with Gasteiger partial charge in [-0.1, -0.05) is 36.4 Å². The van der Waals surface area contributed by atoms with Gasteiger partial charge in [-0.2, -0.15) is 0 Å². The highest BCUT2D eigenvalue weighted by Crippen LogP contribution is 2.27. The number of rotatable bonds is 3. The zero-order chi connectivity index (χ0) is 17.2. The van der Waals surface area contributed by atoms with E-state index in [1.54, 1.807) is 4.90 Å². The van der Waals surface area contributed by atoms with Crippen molar-refractivity contribution in [2.75, 3.05) is 5.32 Å². The van der Waals surface area contributed by atoms with E-state index in [1.807, 2.05) is 39.0 Å². The molecule has 0 fully saturated rings. The third-order valence-electron chi connectivity index (χ3n) is 3.92. The first-order valence-corrected chi connectivity index (χ1v) is 8.28. The van der Waals surface area contributed by atoms with Crippen LogP contribution in [0.2, 0.25) is 0 Å². The molecule has 24 heavy (non-hydrogen) atoms. The monoisotopic (exact) mass is 324 g/mol. The molecule has 0 radical (unpaired) electrons. The molecule has 4 nitrogen and oxygen atoms in total. The minimum absolute atomic E-state index is 0.252. The lowest BCUT2D eigenvalue weighted by molar-refractivity contribution is 0.0242. The molecule has 0 saturated heterocycles. The molecule has 1 heterocycles. The topological polar surface area (TPSA) is 41.6 Å². The summed E-state index contributed by atoms with van der Waals surface area (Å²) in [6.45, 7) is 7.67. The fourth-order valence-corrected chi connectivity index (χ4v) is 2.76. The number of hydrogen-bond donors (Lipinski definition) is 1. The van der Waals surface area contributed by atoms with Gasteiger partial charge >= 0.3 is 6.09 Å². The third kappa shape index (κ3) is 4.07. The van der Waals surface area contributed by atoms with Crippen LogP contribution in [0.15, 0.2) is 48.5 Å². The van der Waals surface area contributed by atoms with Crippen molar-refractivity contribution in [1.29, 1.82) is 0 Å². The molecule has 2 aromatic carbocycles. The smallest absolute Gasteiger partial charge is 0.410 e. The second-order valence-corrected chi connectivity index (χ2v) is 7.16. The summed E-state index contributed by atoms with van der Waals surface area (Å²) in [5.41, 5.74) is 4.22. The summed E-state index contributed by atoms with van der Waals surface area (Å²) in [5.74, 6) is 0. The Bertz CT molecular complexity index is 720. The van der Waals surface area contributed by atoms with Crippen molar-refractivity contribution in [3.05, 3.63) is 65.2 Å². The van der Waals surface area contributed by atoms with E-state index < -0.39 is 5.60 Å². The van der Waals surface area contributed by atoms with Crippen LogP contribution in [0, 0.1) is 0 Å². The number of anilines is 1. The molecule has 0 atom stereocenters. The SMILES string of the molecule is CC(C)(C)OC(=O)N1Cc2ccc(NCc3ccccc3)cc2C1. The first kappa shape index (κ1) is 16.4. The van der Waals surface area contributed by atoms with Gasteiger partial charge in [-0.05, 0) is 49.6 Å². The number of ether oxygens (including phenoxy) is 1. The minimum atomic E-state index is -0.464. The van der Waals surface area contributed by atoms with Gasteiger partial charge in [-0.15, -0.1) is 0 Å². The fraction of sp³-hybridized carbons (Fsp3) is 0.350. The summed E-state index contributed by atoms with van der Waals surface area (Å²) < 4.78 is 5.46. The highest BCUT2D eigenvalue weighted by atomic mass is 16.6. The van der Waals surface area contributed by atoms with Crippen LogP contribution in [0.5, 0.6) is 0 Å². The van der Waals surface area contributed by atoms with Crippen LogP contribution >= 0.6 is 0 Å². The maximum Gasteiger partial charge on any atom is 0.410 e. The Labute approximate surface area is 143 Å². The lowest BCUT2D eigenvalue weighted by atomic mass is 10.1. The molecule has 0 bridgehead atoms. The molecule has 1 aliphatic rings. The van der Waals surface area contributed by atoms with Gasteiger partial charge in [0.05, 0.1) is 0 Å². The van der Waals surface area contributed by atoms with Gasteiger partial charge < -0.3 is 10.1 Å². The molecule has 0 unspecified atom stereocenters. The second-order valence-electron chi connectivity index (χ2n) is 7.16. The summed E-state index contributed by atoms with van der Waals surface area (Å²) in [6.07, 6.45) is -0.252. The molecule has 0 saturated carbocycles. The largest absolute Gasteiger partial charge is 0.444 e. The van der Waals surface area contributed by atoms with Crippen molar-refractivity contribution < 1.29 is 9.53 Å². The van der Waals surface area contributed by atoms with Gasteiger partial charge in [0.1, 0.15) is 5.60 Å². The molecule has 3 rings (SSSR count). The zero-order valence-electron chi connectivity index (χ0n) is 14.5. The van der Waals surface area contributed by atoms with E-state index in [9.17, 15) is 4.79 Å². The lowest BCUT2D eigenvalue weighted by Crippen LogP contribution is -2.33. The Balaban J connectivity index is 1.62. The summed E-state index contributed by atoms with van der Waals surface area (Å²) in [4.78, 5) is 14.0. The van der Waals surface area contributed by atoms with E-state index in [0.29, 0.717) is 13.1 Å². The number of carbonyl (C=O) groups excluding carboxylic acids is 1. The summed E-state index contributed by atoms with van der Waals surface area (Å²) in [6, 6.07) is 16.6. The number of hydrogen-bond acceptors (Lipinski definition) is 3. The van der Waals surface area contributed by atoms with E-state index in [2.05, 4.69) is 35.6 Å². The van der Waals surface area contributed by atoms with Gasteiger partial charge in [-0.3, -0.25) is 4.90 Å². The van der Waals surface area contributed by atoms with Crippen LogP contribution in [-0.2, 0) is 24.4 Å². The van der Waals surface area contributed by atoms with Crippen molar-refractivity contribution >= 4 is 11.8 Å². The summed E-state index contributed by atoms with van der Waals surface area (Å²) in [5, 5.41) is 3.44. The second kappa shape index (κ2) is 6.56. The normalized spacial score (nSPS) is 13.5. The van der Waals surface area contributed by atoms with E-state index >= 15 is 0 Å². The van der Waals surface area contributed by atoms with Gasteiger partial charge in [0, 0.05) is 25.3 Å². The third-order valence-corrected chi connectivity index (χ3v) is 3.92. The summed E-state index contributed by atoms with van der Waals surface area (Å²) >= 11 is 0. The molecule has 2 aromatic rings. The van der Waals surface area contributed by atoms with E-state index in [-0.39, 0.29) is 6.09 Å². The maximum absolute atomic E-state index is 12.2. The number of benzene rings is 2. The quantitative estimate of drug-likeness (QED) is 0.900. The van der Waals surface area contributed by atoms with Gasteiger partial charge in [0.15, 0.2) is 0 Å². The van der Waals surface area contributed by atoms with Crippen LogP contribution in [-0.4, -0.2) is 16.6 Å². The number of amides is 1. The number of carbonyl (C=O) groups is 1. The molecule has 0 aromatic heterocycles. The average molecular weight is 324 g/mol. The number of fused-ring (bicyclic) bond motifs is 1. The lowest BCUT2D eigenvalue weighted by Gasteiger charge is -2.24. The van der Waals surface area contributed by atoms with E-state index in [4.69, 9.17) is 4.74 Å². The van der Waals surface area contributed by atoms with Crippen molar-refractivity contribution in [1.82, 2.24) is 4.90 Å². The Hall–Kier alpha value is -2.49. The maximum atomic E-state index is 12.2. The van der Waals surface area contributed by atoms with E-state index in [0.717, 1.165) is 12.2 Å². The van der Waals surface area contributed by atoms with Crippen LogP contribution in [0.25, 0.3) is 0 Å². The first-order valence-electron chi connectivity index (χ1n) is 8.28. The van der Waals surface area contributed by atoms with Crippen molar-refractivity contribution in [3.63, 3.8) is 0 Å². The molecule has 0 spiro atoms. The Kier molecular flexibility index (Phi) is 4.47. The van der Waals surface area contributed by atoms with Gasteiger partial charge in [-0.25, -0.2) is 4.79 Å².